The summed E-state index contributed by atoms with van der Waals surface area (Å²) in [6.07, 6.45) is 1.05. The average Bonchev–Trinajstić information content (AvgIpc) is 2.79. The molecule has 1 aromatic carbocycles. The van der Waals surface area contributed by atoms with Crippen LogP contribution in [0.4, 0.5) is 0 Å². The van der Waals surface area contributed by atoms with Crippen molar-refractivity contribution in [1.29, 1.82) is 0 Å². The number of likely N-dealkylation sites (N-methyl/N-ethyl adjacent to an activating group) is 1. The molecule has 0 unspecified atom stereocenters. The van der Waals surface area contributed by atoms with Crippen LogP contribution in [0.25, 0.3) is 0 Å². The highest BCUT2D eigenvalue weighted by Crippen LogP contribution is 2.36. The van der Waals surface area contributed by atoms with Crippen LogP contribution in [-0.2, 0) is 0 Å². The van der Waals surface area contributed by atoms with E-state index in [0.717, 1.165) is 31.0 Å². The third-order valence-corrected chi connectivity index (χ3v) is 3.69. The number of fused-ring (bicyclic) bond motifs is 1. The zero-order valence-corrected chi connectivity index (χ0v) is 10.1. The van der Waals surface area contributed by atoms with Gasteiger partial charge in [0.15, 0.2) is 11.5 Å². The molecule has 1 aromatic rings. The topological polar surface area (TPSA) is 47.7 Å². The van der Waals surface area contributed by atoms with Crippen molar-refractivity contribution in [3.05, 3.63) is 23.8 Å². The van der Waals surface area contributed by atoms with Gasteiger partial charge in [-0.3, -0.25) is 0 Å². The molecule has 2 aliphatic heterocycles. The van der Waals surface area contributed by atoms with E-state index in [1.54, 1.807) is 0 Å². The highest BCUT2D eigenvalue weighted by molar-refractivity contribution is 5.45. The Morgan fingerprint density at radius 1 is 1.29 bits per heavy atom. The molecule has 2 atom stereocenters. The zero-order valence-electron chi connectivity index (χ0n) is 10.1. The van der Waals surface area contributed by atoms with E-state index in [1.807, 2.05) is 6.07 Å². The van der Waals surface area contributed by atoms with Gasteiger partial charge in [0, 0.05) is 18.5 Å². The van der Waals surface area contributed by atoms with Crippen molar-refractivity contribution in [2.75, 3.05) is 26.9 Å². The molecule has 0 aliphatic carbocycles. The molecule has 17 heavy (non-hydrogen) atoms. The lowest BCUT2D eigenvalue weighted by atomic mass is 9.86. The Kier molecular flexibility index (Phi) is 2.68. The number of nitrogens with zero attached hydrogens (tertiary/aromatic N) is 1. The lowest BCUT2D eigenvalue weighted by molar-refractivity contribution is 0.174. The number of ether oxygens (including phenoxy) is 2. The molecule has 2 heterocycles. The second-order valence-corrected chi connectivity index (χ2v) is 4.93. The fourth-order valence-electron chi connectivity index (χ4n) is 2.63. The average molecular weight is 234 g/mol. The molecule has 4 nitrogen and oxygen atoms in total. The molecule has 4 heteroatoms. The number of hydrogen-bond acceptors (Lipinski definition) is 4. The van der Waals surface area contributed by atoms with E-state index in [0.29, 0.717) is 12.7 Å². The fourth-order valence-corrected chi connectivity index (χ4v) is 2.63. The van der Waals surface area contributed by atoms with Gasteiger partial charge < -0.3 is 20.1 Å². The van der Waals surface area contributed by atoms with Crippen molar-refractivity contribution in [2.45, 2.75) is 18.4 Å². The van der Waals surface area contributed by atoms with Gasteiger partial charge in [-0.05, 0) is 37.7 Å². The number of likely N-dealkylation sites (tertiary alicyclic amines) is 1. The summed E-state index contributed by atoms with van der Waals surface area (Å²) in [5, 5.41) is 0. The van der Waals surface area contributed by atoms with E-state index in [-0.39, 0.29) is 6.04 Å². The van der Waals surface area contributed by atoms with E-state index >= 15 is 0 Å². The standard InChI is InChI=1S/C13H18N2O2/c1-15-5-4-11(14)10(7-15)9-2-3-12-13(6-9)17-8-16-12/h2-3,6,10-11H,4-5,7-8,14H2,1H3/t10-,11-/m1/s1. The van der Waals surface area contributed by atoms with Crippen molar-refractivity contribution >= 4 is 0 Å². The third kappa shape index (κ3) is 1.98. The monoisotopic (exact) mass is 234 g/mol. The Hall–Kier alpha value is -1.26. The lowest BCUT2D eigenvalue weighted by Gasteiger charge is -2.35. The maximum absolute atomic E-state index is 6.22. The summed E-state index contributed by atoms with van der Waals surface area (Å²) >= 11 is 0. The molecule has 2 N–H and O–H groups in total. The van der Waals surface area contributed by atoms with Gasteiger partial charge in [-0.25, -0.2) is 0 Å². The number of rotatable bonds is 1. The number of piperidine rings is 1. The molecule has 3 rings (SSSR count). The highest BCUT2D eigenvalue weighted by Gasteiger charge is 2.27. The van der Waals surface area contributed by atoms with Crippen LogP contribution < -0.4 is 15.2 Å². The molecule has 1 saturated heterocycles. The summed E-state index contributed by atoms with van der Waals surface area (Å²) < 4.78 is 10.7. The molecule has 0 saturated carbocycles. The van der Waals surface area contributed by atoms with Crippen molar-refractivity contribution in [3.63, 3.8) is 0 Å². The molecule has 0 aromatic heterocycles. The largest absolute Gasteiger partial charge is 0.454 e. The van der Waals surface area contributed by atoms with E-state index in [1.165, 1.54) is 5.56 Å². The number of hydrogen-bond donors (Lipinski definition) is 1. The smallest absolute Gasteiger partial charge is 0.231 e. The van der Waals surface area contributed by atoms with Crippen LogP contribution in [-0.4, -0.2) is 37.9 Å². The molecule has 1 fully saturated rings. The minimum Gasteiger partial charge on any atom is -0.454 e. The first kappa shape index (κ1) is 10.9. The zero-order chi connectivity index (χ0) is 11.8. The molecule has 0 amide bonds. The highest BCUT2D eigenvalue weighted by atomic mass is 16.7. The Morgan fingerprint density at radius 2 is 2.12 bits per heavy atom. The first-order valence-electron chi connectivity index (χ1n) is 6.08. The maximum atomic E-state index is 6.22. The summed E-state index contributed by atoms with van der Waals surface area (Å²) in [6, 6.07) is 6.41. The van der Waals surface area contributed by atoms with Gasteiger partial charge in [0.25, 0.3) is 0 Å². The van der Waals surface area contributed by atoms with Crippen molar-refractivity contribution in [3.8, 4) is 11.5 Å². The summed E-state index contributed by atoms with van der Waals surface area (Å²) in [4.78, 5) is 2.33. The first-order valence-corrected chi connectivity index (χ1v) is 6.08. The van der Waals surface area contributed by atoms with Crippen LogP contribution in [0.2, 0.25) is 0 Å². The Balaban J connectivity index is 1.87. The van der Waals surface area contributed by atoms with Gasteiger partial charge in [0.05, 0.1) is 0 Å². The minimum absolute atomic E-state index is 0.242. The van der Waals surface area contributed by atoms with Crippen LogP contribution in [0.5, 0.6) is 11.5 Å². The summed E-state index contributed by atoms with van der Waals surface area (Å²) in [5.41, 5.74) is 7.48. The summed E-state index contributed by atoms with van der Waals surface area (Å²) in [6.45, 7) is 2.43. The number of benzene rings is 1. The lowest BCUT2D eigenvalue weighted by Crippen LogP contribution is -2.43. The van der Waals surface area contributed by atoms with Crippen LogP contribution in [0, 0.1) is 0 Å². The van der Waals surface area contributed by atoms with Crippen LogP contribution in [0.15, 0.2) is 18.2 Å². The van der Waals surface area contributed by atoms with Crippen LogP contribution in [0.3, 0.4) is 0 Å². The SMILES string of the molecule is CN1CC[C@@H](N)[C@@H](c2ccc3c(c2)OCO3)C1. The van der Waals surface area contributed by atoms with E-state index in [4.69, 9.17) is 15.2 Å². The van der Waals surface area contributed by atoms with Gasteiger partial charge in [-0.15, -0.1) is 0 Å². The molecule has 0 radical (unpaired) electrons. The Morgan fingerprint density at radius 3 is 3.00 bits per heavy atom. The van der Waals surface area contributed by atoms with E-state index in [9.17, 15) is 0 Å². The van der Waals surface area contributed by atoms with Gasteiger partial charge in [0.2, 0.25) is 6.79 Å². The van der Waals surface area contributed by atoms with Crippen molar-refractivity contribution < 1.29 is 9.47 Å². The normalized spacial score (nSPS) is 28.4. The molecule has 0 bridgehead atoms. The van der Waals surface area contributed by atoms with Crippen molar-refractivity contribution in [1.82, 2.24) is 4.90 Å². The molecule has 2 aliphatic rings. The minimum atomic E-state index is 0.242. The number of nitrogens with two attached hydrogens (primary N) is 1. The summed E-state index contributed by atoms with van der Waals surface area (Å²) in [5.74, 6) is 2.08. The maximum Gasteiger partial charge on any atom is 0.231 e. The van der Waals surface area contributed by atoms with E-state index in [2.05, 4.69) is 24.1 Å². The Bertz CT molecular complexity index is 422. The van der Waals surface area contributed by atoms with Crippen molar-refractivity contribution in [2.24, 2.45) is 5.73 Å². The van der Waals surface area contributed by atoms with Gasteiger partial charge in [-0.2, -0.15) is 0 Å². The van der Waals surface area contributed by atoms with Gasteiger partial charge in [0.1, 0.15) is 0 Å². The Labute approximate surface area is 101 Å². The second kappa shape index (κ2) is 4.20. The first-order chi connectivity index (χ1) is 8.24. The molecule has 0 spiro atoms. The predicted octanol–water partition coefficient (Wildman–Crippen LogP) is 1.16. The predicted molar refractivity (Wildman–Crippen MR) is 65.4 cm³/mol. The van der Waals surface area contributed by atoms with E-state index < -0.39 is 0 Å². The summed E-state index contributed by atoms with van der Waals surface area (Å²) in [7, 11) is 2.14. The quantitative estimate of drug-likeness (QED) is 0.792. The third-order valence-electron chi connectivity index (χ3n) is 3.69. The van der Waals surface area contributed by atoms with Gasteiger partial charge in [-0.1, -0.05) is 6.07 Å². The fraction of sp³-hybridized carbons (Fsp3) is 0.538. The van der Waals surface area contributed by atoms with Crippen LogP contribution >= 0.6 is 0 Å². The van der Waals surface area contributed by atoms with Crippen LogP contribution in [0.1, 0.15) is 17.9 Å². The molecular weight excluding hydrogens is 216 g/mol. The molecular formula is C13H18N2O2. The second-order valence-electron chi connectivity index (χ2n) is 4.93. The molecule has 92 valence electrons. The van der Waals surface area contributed by atoms with Gasteiger partial charge >= 0.3 is 0 Å².